The number of aliphatic hydroxyl groups is 2. The summed E-state index contributed by atoms with van der Waals surface area (Å²) in [6.07, 6.45) is -1.57. The Morgan fingerprint density at radius 2 is 1.81 bits per heavy atom. The summed E-state index contributed by atoms with van der Waals surface area (Å²) in [5.74, 6) is -1.93. The summed E-state index contributed by atoms with van der Waals surface area (Å²) < 4.78 is 25.9. The molecular formula is C27H36FN7O7. The van der Waals surface area contributed by atoms with Crippen LogP contribution in [0.1, 0.15) is 25.0 Å². The maximum Gasteiger partial charge on any atom is 0.243 e. The minimum Gasteiger partial charge on any atom is -0.388 e. The van der Waals surface area contributed by atoms with Crippen molar-refractivity contribution in [1.29, 1.82) is 0 Å². The molecule has 228 valence electrons. The van der Waals surface area contributed by atoms with Crippen LogP contribution >= 0.6 is 0 Å². The molecule has 42 heavy (non-hydrogen) atoms. The molecule has 14 nitrogen and oxygen atoms in total. The van der Waals surface area contributed by atoms with E-state index >= 15 is 0 Å². The SMILES string of the molecule is O=C1CN(CCNC2CCOCC2)C(=O)C[C@@H]2O[C@H](CNC(=O)[C@@H](Cc3cn(-c4ccc(F)cc4)nn3)N1)[C@@H](O)[C@H]2O. The van der Waals surface area contributed by atoms with Crippen molar-refractivity contribution in [3.63, 3.8) is 0 Å². The van der Waals surface area contributed by atoms with Crippen molar-refractivity contribution in [1.82, 2.24) is 35.8 Å². The topological polar surface area (TPSA) is 180 Å². The van der Waals surface area contributed by atoms with Gasteiger partial charge in [0.05, 0.1) is 36.6 Å². The Hall–Kier alpha value is -3.50. The number of carbonyl (C=O) groups is 3. The van der Waals surface area contributed by atoms with E-state index in [0.29, 0.717) is 31.1 Å². The number of halogens is 1. The molecule has 3 aliphatic heterocycles. The predicted molar refractivity (Wildman–Crippen MR) is 144 cm³/mol. The Morgan fingerprint density at radius 3 is 2.57 bits per heavy atom. The number of aromatic nitrogens is 3. The van der Waals surface area contributed by atoms with E-state index in [0.717, 1.165) is 12.8 Å². The Balaban J connectivity index is 1.30. The molecule has 2 bridgehead atoms. The number of hydrogen-bond donors (Lipinski definition) is 5. The molecule has 0 unspecified atom stereocenters. The number of aliphatic hydroxyl groups excluding tert-OH is 2. The molecule has 0 spiro atoms. The fourth-order valence-electron chi connectivity index (χ4n) is 5.33. The van der Waals surface area contributed by atoms with Crippen LogP contribution in [0.3, 0.4) is 0 Å². The van der Waals surface area contributed by atoms with Crippen molar-refractivity contribution < 1.29 is 38.5 Å². The first-order chi connectivity index (χ1) is 20.3. The first-order valence-corrected chi connectivity index (χ1v) is 14.1. The van der Waals surface area contributed by atoms with Gasteiger partial charge in [-0.15, -0.1) is 5.10 Å². The maximum absolute atomic E-state index is 13.3. The summed E-state index contributed by atoms with van der Waals surface area (Å²) in [4.78, 5) is 41.0. The highest BCUT2D eigenvalue weighted by Crippen LogP contribution is 2.24. The molecule has 4 heterocycles. The second kappa shape index (κ2) is 13.6. The Morgan fingerprint density at radius 1 is 1.07 bits per heavy atom. The van der Waals surface area contributed by atoms with Gasteiger partial charge in [-0.1, -0.05) is 5.21 Å². The molecule has 15 heteroatoms. The minimum atomic E-state index is -1.33. The van der Waals surface area contributed by atoms with Crippen LogP contribution in [-0.2, 0) is 30.3 Å². The van der Waals surface area contributed by atoms with E-state index in [1.165, 1.54) is 33.8 Å². The van der Waals surface area contributed by atoms with Crippen LogP contribution in [0.2, 0.25) is 0 Å². The van der Waals surface area contributed by atoms with Gasteiger partial charge < -0.3 is 40.5 Å². The standard InChI is InChI=1S/C27H36FN7O7/c28-16-1-3-19(4-2-16)35-14-18(32-33-35)11-20-27(40)30-13-22-26(39)25(38)21(42-22)12-24(37)34(15-23(36)31-20)8-7-29-17-5-9-41-10-6-17/h1-4,14,17,20-22,25-26,29,38-39H,5-13,15H2,(H,30,40)(H,31,36)/t20-,21+,22-,25+,26-/m1/s1. The third-order valence-electron chi connectivity index (χ3n) is 7.73. The molecule has 1 aromatic carbocycles. The zero-order valence-corrected chi connectivity index (χ0v) is 23.0. The van der Waals surface area contributed by atoms with Gasteiger partial charge in [-0.2, -0.15) is 0 Å². The van der Waals surface area contributed by atoms with E-state index in [9.17, 15) is 29.0 Å². The fraction of sp³-hybridized carbons (Fsp3) is 0.593. The number of rotatable bonds is 7. The first-order valence-electron chi connectivity index (χ1n) is 14.1. The summed E-state index contributed by atoms with van der Waals surface area (Å²) in [6.45, 7) is 1.49. The number of nitrogens with zero attached hydrogens (tertiary/aromatic N) is 4. The Labute approximate surface area is 241 Å². The summed E-state index contributed by atoms with van der Waals surface area (Å²) in [6, 6.07) is 4.77. The average Bonchev–Trinajstić information content (AvgIpc) is 3.55. The molecular weight excluding hydrogens is 553 g/mol. The molecule has 0 radical (unpaired) electrons. The highest BCUT2D eigenvalue weighted by atomic mass is 19.1. The molecule has 0 saturated carbocycles. The normalized spacial score (nSPS) is 28.0. The van der Waals surface area contributed by atoms with Crippen molar-refractivity contribution in [3.8, 4) is 5.69 Å². The molecule has 0 aliphatic carbocycles. The van der Waals surface area contributed by atoms with E-state index in [-0.39, 0.29) is 38.5 Å². The van der Waals surface area contributed by atoms with Crippen LogP contribution < -0.4 is 16.0 Å². The van der Waals surface area contributed by atoms with Gasteiger partial charge in [0.15, 0.2) is 0 Å². The minimum absolute atomic E-state index is 0.0304. The van der Waals surface area contributed by atoms with Crippen molar-refractivity contribution in [3.05, 3.63) is 42.0 Å². The van der Waals surface area contributed by atoms with E-state index in [1.807, 2.05) is 0 Å². The van der Waals surface area contributed by atoms with Crippen molar-refractivity contribution >= 4 is 17.7 Å². The summed E-state index contributed by atoms with van der Waals surface area (Å²) in [5.41, 5.74) is 0.938. The van der Waals surface area contributed by atoms with Gasteiger partial charge in [-0.25, -0.2) is 9.07 Å². The number of ether oxygens (including phenoxy) is 2. The molecule has 2 aromatic rings. The molecule has 1 aromatic heterocycles. The average molecular weight is 590 g/mol. The third-order valence-corrected chi connectivity index (χ3v) is 7.73. The fourth-order valence-corrected chi connectivity index (χ4v) is 5.33. The van der Waals surface area contributed by atoms with Crippen molar-refractivity contribution in [2.24, 2.45) is 0 Å². The third kappa shape index (κ3) is 7.46. The molecule has 3 fully saturated rings. The van der Waals surface area contributed by atoms with Gasteiger partial charge >= 0.3 is 0 Å². The van der Waals surface area contributed by atoms with Gasteiger partial charge in [0.1, 0.15) is 30.2 Å². The van der Waals surface area contributed by atoms with Crippen LogP contribution in [0.25, 0.3) is 5.69 Å². The molecule has 5 N–H and O–H groups in total. The van der Waals surface area contributed by atoms with Crippen LogP contribution in [0.4, 0.5) is 4.39 Å². The van der Waals surface area contributed by atoms with Gasteiger partial charge in [0.2, 0.25) is 17.7 Å². The van der Waals surface area contributed by atoms with Gasteiger partial charge in [-0.3, -0.25) is 14.4 Å². The number of amides is 3. The zero-order valence-electron chi connectivity index (χ0n) is 23.0. The maximum atomic E-state index is 13.3. The molecule has 5 atom stereocenters. The molecule has 5 rings (SSSR count). The van der Waals surface area contributed by atoms with Crippen LogP contribution in [0.5, 0.6) is 0 Å². The highest BCUT2D eigenvalue weighted by molar-refractivity contribution is 5.90. The van der Waals surface area contributed by atoms with Crippen molar-refractivity contribution in [2.45, 2.75) is 62.2 Å². The lowest BCUT2D eigenvalue weighted by Crippen LogP contribution is -2.53. The summed E-state index contributed by atoms with van der Waals surface area (Å²) in [7, 11) is 0. The Bertz CT molecular complexity index is 1240. The van der Waals surface area contributed by atoms with Crippen LogP contribution in [0, 0.1) is 5.82 Å². The predicted octanol–water partition coefficient (Wildman–Crippen LogP) is -1.96. The second-order valence-corrected chi connectivity index (χ2v) is 10.8. The van der Waals surface area contributed by atoms with Crippen LogP contribution in [-0.4, -0.2) is 124 Å². The number of hydrogen-bond acceptors (Lipinski definition) is 10. The first kappa shape index (κ1) is 30.0. The van der Waals surface area contributed by atoms with Gasteiger partial charge in [0, 0.05) is 45.3 Å². The van der Waals surface area contributed by atoms with Gasteiger partial charge in [0.25, 0.3) is 0 Å². The lowest BCUT2D eigenvalue weighted by molar-refractivity contribution is -0.139. The Kier molecular flexibility index (Phi) is 9.74. The lowest BCUT2D eigenvalue weighted by Gasteiger charge is -2.28. The lowest BCUT2D eigenvalue weighted by atomic mass is 10.0. The number of fused-ring (bicyclic) bond motifs is 2. The molecule has 3 amide bonds. The number of carbonyl (C=O) groups excluding carboxylic acids is 3. The quantitative estimate of drug-likeness (QED) is 0.243. The van der Waals surface area contributed by atoms with Crippen molar-refractivity contribution in [2.75, 3.05) is 39.4 Å². The van der Waals surface area contributed by atoms with Gasteiger partial charge in [-0.05, 0) is 37.1 Å². The van der Waals surface area contributed by atoms with E-state index in [1.54, 1.807) is 6.20 Å². The summed E-state index contributed by atoms with van der Waals surface area (Å²) >= 11 is 0. The summed E-state index contributed by atoms with van der Waals surface area (Å²) in [5, 5.41) is 37.9. The smallest absolute Gasteiger partial charge is 0.243 e. The molecule has 3 aliphatic rings. The van der Waals surface area contributed by atoms with E-state index in [2.05, 4.69) is 26.3 Å². The molecule has 3 saturated heterocycles. The number of nitrogens with one attached hydrogen (secondary N) is 3. The highest BCUT2D eigenvalue weighted by Gasteiger charge is 2.44. The van der Waals surface area contributed by atoms with E-state index in [4.69, 9.17) is 9.47 Å². The zero-order chi connectivity index (χ0) is 29.6. The largest absolute Gasteiger partial charge is 0.388 e. The number of benzene rings is 1. The second-order valence-electron chi connectivity index (χ2n) is 10.8. The van der Waals surface area contributed by atoms with E-state index < -0.39 is 54.0 Å². The van der Waals surface area contributed by atoms with Crippen LogP contribution in [0.15, 0.2) is 30.5 Å². The monoisotopic (exact) mass is 589 g/mol.